The van der Waals surface area contributed by atoms with Crippen molar-refractivity contribution in [3.05, 3.63) is 18.0 Å². The van der Waals surface area contributed by atoms with Crippen LogP contribution in [0.3, 0.4) is 0 Å². The molecule has 1 N–H and O–H groups in total. The summed E-state index contributed by atoms with van der Waals surface area (Å²) >= 11 is 0. The lowest BCUT2D eigenvalue weighted by atomic mass is 9.98. The van der Waals surface area contributed by atoms with E-state index in [0.717, 1.165) is 24.9 Å². The molecule has 96 valence electrons. The van der Waals surface area contributed by atoms with E-state index in [-0.39, 0.29) is 0 Å². The monoisotopic (exact) mass is 235 g/mol. The Labute approximate surface area is 105 Å². The number of nitrogens with zero attached hydrogens (tertiary/aromatic N) is 2. The van der Waals surface area contributed by atoms with Crippen molar-refractivity contribution in [3.63, 3.8) is 0 Å². The highest BCUT2D eigenvalue weighted by atomic mass is 15.3. The van der Waals surface area contributed by atoms with Crippen LogP contribution in [0.5, 0.6) is 0 Å². The third kappa shape index (κ3) is 3.32. The first-order chi connectivity index (χ1) is 8.16. The smallest absolute Gasteiger partial charge is 0.0534 e. The van der Waals surface area contributed by atoms with E-state index in [1.54, 1.807) is 0 Å². The van der Waals surface area contributed by atoms with E-state index in [4.69, 9.17) is 0 Å². The number of hydrogen-bond acceptors (Lipinski definition) is 2. The first kappa shape index (κ1) is 12.6. The summed E-state index contributed by atoms with van der Waals surface area (Å²) in [5, 5.41) is 7.93. The summed E-state index contributed by atoms with van der Waals surface area (Å²) in [6.07, 6.45) is 8.36. The molecule has 0 bridgehead atoms. The van der Waals surface area contributed by atoms with Crippen LogP contribution >= 0.6 is 0 Å². The van der Waals surface area contributed by atoms with Crippen molar-refractivity contribution in [1.82, 2.24) is 15.1 Å². The molecule has 0 saturated heterocycles. The molecule has 3 nitrogen and oxygen atoms in total. The van der Waals surface area contributed by atoms with Crippen molar-refractivity contribution < 1.29 is 0 Å². The zero-order valence-electron chi connectivity index (χ0n) is 11.3. The molecule has 1 aliphatic rings. The summed E-state index contributed by atoms with van der Waals surface area (Å²) in [7, 11) is 0. The van der Waals surface area contributed by atoms with Crippen molar-refractivity contribution in [2.45, 2.75) is 52.6 Å². The van der Waals surface area contributed by atoms with Crippen LogP contribution in [0.4, 0.5) is 0 Å². The summed E-state index contributed by atoms with van der Waals surface area (Å²) < 4.78 is 2.02. The van der Waals surface area contributed by atoms with Crippen LogP contribution in [0, 0.1) is 11.8 Å². The summed E-state index contributed by atoms with van der Waals surface area (Å²) in [4.78, 5) is 0. The van der Waals surface area contributed by atoms with Crippen molar-refractivity contribution >= 4 is 0 Å². The fourth-order valence-corrected chi connectivity index (χ4v) is 2.68. The van der Waals surface area contributed by atoms with E-state index in [1.807, 2.05) is 10.9 Å². The van der Waals surface area contributed by atoms with Gasteiger partial charge in [-0.25, -0.2) is 0 Å². The van der Waals surface area contributed by atoms with Crippen LogP contribution < -0.4 is 5.32 Å². The minimum atomic E-state index is 0.457. The van der Waals surface area contributed by atoms with Crippen LogP contribution in [-0.2, 0) is 6.54 Å². The highest BCUT2D eigenvalue weighted by molar-refractivity contribution is 5.03. The van der Waals surface area contributed by atoms with Crippen molar-refractivity contribution in [2.24, 2.45) is 11.8 Å². The highest BCUT2D eigenvalue weighted by Gasteiger charge is 2.22. The quantitative estimate of drug-likeness (QED) is 0.850. The average molecular weight is 235 g/mol. The molecule has 1 aromatic heterocycles. The molecule has 0 radical (unpaired) electrons. The van der Waals surface area contributed by atoms with Gasteiger partial charge in [-0.3, -0.25) is 4.68 Å². The fourth-order valence-electron chi connectivity index (χ4n) is 2.68. The Hall–Kier alpha value is -0.830. The Balaban J connectivity index is 1.74. The van der Waals surface area contributed by atoms with Gasteiger partial charge in [0.25, 0.3) is 0 Å². The van der Waals surface area contributed by atoms with E-state index in [0.29, 0.717) is 6.04 Å². The third-order valence-corrected chi connectivity index (χ3v) is 3.96. The molecule has 1 fully saturated rings. The van der Waals surface area contributed by atoms with Crippen molar-refractivity contribution in [3.8, 4) is 0 Å². The molecule has 0 spiro atoms. The van der Waals surface area contributed by atoms with Gasteiger partial charge in [0.05, 0.1) is 6.20 Å². The Kier molecular flexibility index (Phi) is 4.21. The van der Waals surface area contributed by atoms with Gasteiger partial charge in [0.15, 0.2) is 0 Å². The minimum absolute atomic E-state index is 0.457. The largest absolute Gasteiger partial charge is 0.312 e. The Morgan fingerprint density at radius 1 is 1.47 bits per heavy atom. The molecular formula is C14H25N3. The summed E-state index contributed by atoms with van der Waals surface area (Å²) in [6, 6.07) is 0.457. The van der Waals surface area contributed by atoms with E-state index in [1.165, 1.54) is 24.8 Å². The van der Waals surface area contributed by atoms with Crippen LogP contribution in [0.2, 0.25) is 0 Å². The first-order valence-corrected chi connectivity index (χ1v) is 6.90. The lowest BCUT2D eigenvalue weighted by molar-refractivity contribution is 0.392. The molecule has 2 rings (SSSR count). The van der Waals surface area contributed by atoms with Gasteiger partial charge >= 0.3 is 0 Å². The van der Waals surface area contributed by atoms with Crippen molar-refractivity contribution in [2.75, 3.05) is 6.54 Å². The topological polar surface area (TPSA) is 29.9 Å². The lowest BCUT2D eigenvalue weighted by Gasteiger charge is -2.15. The van der Waals surface area contributed by atoms with Gasteiger partial charge in [-0.15, -0.1) is 0 Å². The zero-order valence-corrected chi connectivity index (χ0v) is 11.3. The molecule has 3 heteroatoms. The second-order valence-electron chi connectivity index (χ2n) is 5.72. The standard InChI is InChI=1S/C14H25N3/c1-11(2)17-10-13(8-16-17)7-15-9-14-6-4-5-12(14)3/h8,10-12,14-15H,4-7,9H2,1-3H3. The second-order valence-corrected chi connectivity index (χ2v) is 5.72. The zero-order chi connectivity index (χ0) is 12.3. The normalized spacial score (nSPS) is 24.7. The minimum Gasteiger partial charge on any atom is -0.312 e. The Morgan fingerprint density at radius 3 is 2.88 bits per heavy atom. The summed E-state index contributed by atoms with van der Waals surface area (Å²) in [5.41, 5.74) is 1.30. The molecule has 2 atom stereocenters. The molecule has 1 saturated carbocycles. The van der Waals surface area contributed by atoms with Gasteiger partial charge in [0.1, 0.15) is 0 Å². The average Bonchev–Trinajstić information content (AvgIpc) is 2.89. The fraction of sp³-hybridized carbons (Fsp3) is 0.786. The molecule has 0 amide bonds. The molecular weight excluding hydrogens is 210 g/mol. The maximum atomic E-state index is 4.36. The van der Waals surface area contributed by atoms with Gasteiger partial charge < -0.3 is 5.32 Å². The van der Waals surface area contributed by atoms with Crippen LogP contribution in [-0.4, -0.2) is 16.3 Å². The van der Waals surface area contributed by atoms with Crippen LogP contribution in [0.25, 0.3) is 0 Å². The van der Waals surface area contributed by atoms with E-state index < -0.39 is 0 Å². The van der Waals surface area contributed by atoms with E-state index in [2.05, 4.69) is 37.4 Å². The maximum Gasteiger partial charge on any atom is 0.0534 e. The van der Waals surface area contributed by atoms with Gasteiger partial charge in [-0.05, 0) is 38.6 Å². The Bertz CT molecular complexity index is 343. The molecule has 1 heterocycles. The number of aromatic nitrogens is 2. The number of nitrogens with one attached hydrogen (secondary N) is 1. The second kappa shape index (κ2) is 5.67. The van der Waals surface area contributed by atoms with Gasteiger partial charge in [0.2, 0.25) is 0 Å². The lowest BCUT2D eigenvalue weighted by Crippen LogP contribution is -2.23. The molecule has 0 aromatic carbocycles. The molecule has 17 heavy (non-hydrogen) atoms. The number of rotatable bonds is 5. The first-order valence-electron chi connectivity index (χ1n) is 6.90. The maximum absolute atomic E-state index is 4.36. The predicted molar refractivity (Wildman–Crippen MR) is 70.8 cm³/mol. The molecule has 2 unspecified atom stereocenters. The highest BCUT2D eigenvalue weighted by Crippen LogP contribution is 2.30. The third-order valence-electron chi connectivity index (χ3n) is 3.96. The predicted octanol–water partition coefficient (Wildman–Crippen LogP) is 2.99. The SMILES string of the molecule is CC1CCCC1CNCc1cnn(C(C)C)c1. The van der Waals surface area contributed by atoms with Crippen LogP contribution in [0.1, 0.15) is 51.6 Å². The summed E-state index contributed by atoms with van der Waals surface area (Å²) in [6.45, 7) is 8.81. The van der Waals surface area contributed by atoms with Gasteiger partial charge in [-0.2, -0.15) is 5.10 Å². The summed E-state index contributed by atoms with van der Waals surface area (Å²) in [5.74, 6) is 1.79. The van der Waals surface area contributed by atoms with Gasteiger partial charge in [-0.1, -0.05) is 19.8 Å². The molecule has 1 aliphatic carbocycles. The van der Waals surface area contributed by atoms with Crippen LogP contribution in [0.15, 0.2) is 12.4 Å². The van der Waals surface area contributed by atoms with Crippen molar-refractivity contribution in [1.29, 1.82) is 0 Å². The van der Waals surface area contributed by atoms with E-state index >= 15 is 0 Å². The molecule has 0 aliphatic heterocycles. The van der Waals surface area contributed by atoms with E-state index in [9.17, 15) is 0 Å². The Morgan fingerprint density at radius 2 is 2.29 bits per heavy atom. The number of hydrogen-bond donors (Lipinski definition) is 1. The van der Waals surface area contributed by atoms with Gasteiger partial charge in [0, 0.05) is 24.3 Å². The molecule has 1 aromatic rings.